The van der Waals surface area contributed by atoms with Gasteiger partial charge in [0.05, 0.1) is 19.3 Å². The van der Waals surface area contributed by atoms with Gasteiger partial charge in [-0.3, -0.25) is 0 Å². The van der Waals surface area contributed by atoms with E-state index in [4.69, 9.17) is 4.74 Å². The van der Waals surface area contributed by atoms with E-state index in [1.165, 1.54) is 31.2 Å². The first-order valence-electron chi connectivity index (χ1n) is 8.47. The molecule has 1 aliphatic carbocycles. The third-order valence-corrected chi connectivity index (χ3v) is 5.18. The Kier molecular flexibility index (Phi) is 5.64. The van der Waals surface area contributed by atoms with Crippen molar-refractivity contribution in [2.24, 2.45) is 16.7 Å². The maximum Gasteiger partial charge on any atom is 0.0717 e. The molecule has 1 unspecified atom stereocenters. The maximum atomic E-state index is 9.29. The summed E-state index contributed by atoms with van der Waals surface area (Å²) in [6.07, 6.45) is 5.58. The Labute approximate surface area is 135 Å². The molecule has 0 heterocycles. The van der Waals surface area contributed by atoms with Crippen molar-refractivity contribution in [1.82, 2.24) is 0 Å². The van der Waals surface area contributed by atoms with Gasteiger partial charge in [-0.25, -0.2) is 0 Å². The van der Waals surface area contributed by atoms with Crippen molar-refractivity contribution in [2.75, 3.05) is 6.61 Å². The zero-order valence-corrected chi connectivity index (χ0v) is 14.3. The second-order valence-corrected chi connectivity index (χ2v) is 7.83. The average Bonchev–Trinajstić information content (AvgIpc) is 2.94. The van der Waals surface area contributed by atoms with Gasteiger partial charge in [0.15, 0.2) is 0 Å². The van der Waals surface area contributed by atoms with E-state index in [0.29, 0.717) is 18.9 Å². The summed E-state index contributed by atoms with van der Waals surface area (Å²) in [7, 11) is 0. The predicted octanol–water partition coefficient (Wildman–Crippen LogP) is 5.34. The summed E-state index contributed by atoms with van der Waals surface area (Å²) < 4.78 is 6.12. The highest BCUT2D eigenvalue weighted by Gasteiger charge is 2.46. The molecule has 120 valence electrons. The zero-order chi connectivity index (χ0) is 16.1. The summed E-state index contributed by atoms with van der Waals surface area (Å²) in [6.45, 7) is 8.27. The van der Waals surface area contributed by atoms with E-state index in [1.54, 1.807) is 0 Å². The number of rotatable bonds is 6. The first-order chi connectivity index (χ1) is 10.5. The molecule has 0 N–H and O–H groups in total. The lowest BCUT2D eigenvalue weighted by molar-refractivity contribution is -0.0331. The standard InChI is InChI=1S/C20H29NO/c1-19(2,3)18(11-14-21)20(12-7-8-13-20)16-22-15-17-9-5-4-6-10-17/h4-6,9-10,18H,7-8,11-13,15-16H2,1-3H3. The summed E-state index contributed by atoms with van der Waals surface area (Å²) in [6, 6.07) is 12.8. The molecular formula is C20H29NO. The zero-order valence-electron chi connectivity index (χ0n) is 14.3. The van der Waals surface area contributed by atoms with Crippen LogP contribution in [0.2, 0.25) is 0 Å². The maximum absolute atomic E-state index is 9.29. The highest BCUT2D eigenvalue weighted by atomic mass is 16.5. The van der Waals surface area contributed by atoms with Crippen molar-refractivity contribution in [3.8, 4) is 6.07 Å². The second kappa shape index (κ2) is 7.29. The molecule has 2 heteroatoms. The molecule has 1 saturated carbocycles. The first kappa shape index (κ1) is 17.0. The predicted molar refractivity (Wildman–Crippen MR) is 90.2 cm³/mol. The van der Waals surface area contributed by atoms with Crippen LogP contribution in [0.3, 0.4) is 0 Å². The van der Waals surface area contributed by atoms with Crippen LogP contribution in [0.5, 0.6) is 0 Å². The van der Waals surface area contributed by atoms with Gasteiger partial charge in [0.25, 0.3) is 0 Å². The van der Waals surface area contributed by atoms with Gasteiger partial charge in [0, 0.05) is 6.42 Å². The number of hydrogen-bond acceptors (Lipinski definition) is 2. The Hall–Kier alpha value is -1.33. The third-order valence-electron chi connectivity index (χ3n) is 5.18. The van der Waals surface area contributed by atoms with Gasteiger partial charge in [0.2, 0.25) is 0 Å². The molecule has 0 aliphatic heterocycles. The number of ether oxygens (including phenoxy) is 1. The Balaban J connectivity index is 2.06. The summed E-state index contributed by atoms with van der Waals surface area (Å²) in [4.78, 5) is 0. The number of nitriles is 1. The largest absolute Gasteiger partial charge is 0.376 e. The monoisotopic (exact) mass is 299 g/mol. The lowest BCUT2D eigenvalue weighted by atomic mass is 9.62. The Bertz CT molecular complexity index is 489. The van der Waals surface area contributed by atoms with Gasteiger partial charge < -0.3 is 4.74 Å². The van der Waals surface area contributed by atoms with E-state index in [2.05, 4.69) is 51.1 Å². The molecule has 1 aromatic carbocycles. The Morgan fingerprint density at radius 3 is 2.36 bits per heavy atom. The molecule has 1 atom stereocenters. The molecule has 1 aromatic rings. The van der Waals surface area contributed by atoms with E-state index in [0.717, 1.165) is 6.61 Å². The Morgan fingerprint density at radius 1 is 1.18 bits per heavy atom. The van der Waals surface area contributed by atoms with Crippen LogP contribution < -0.4 is 0 Å². The molecule has 0 amide bonds. The molecule has 1 fully saturated rings. The summed E-state index contributed by atoms with van der Waals surface area (Å²) >= 11 is 0. The van der Waals surface area contributed by atoms with Crippen LogP contribution in [0.1, 0.15) is 58.4 Å². The second-order valence-electron chi connectivity index (χ2n) is 7.83. The molecule has 22 heavy (non-hydrogen) atoms. The van der Waals surface area contributed by atoms with Crippen molar-refractivity contribution in [3.63, 3.8) is 0 Å². The number of benzene rings is 1. The fourth-order valence-corrected chi connectivity index (χ4v) is 4.15. The fourth-order valence-electron chi connectivity index (χ4n) is 4.15. The topological polar surface area (TPSA) is 33.0 Å². The van der Waals surface area contributed by atoms with Crippen LogP contribution in [0.25, 0.3) is 0 Å². The number of nitrogens with zero attached hydrogens (tertiary/aromatic N) is 1. The van der Waals surface area contributed by atoms with E-state index in [9.17, 15) is 5.26 Å². The SMILES string of the molecule is CC(C)(C)C(CC#N)C1(COCc2ccccc2)CCCC1. The molecular weight excluding hydrogens is 270 g/mol. The number of hydrogen-bond donors (Lipinski definition) is 0. The molecule has 1 aliphatic rings. The minimum atomic E-state index is 0.149. The average molecular weight is 299 g/mol. The quantitative estimate of drug-likeness (QED) is 0.710. The lowest BCUT2D eigenvalue weighted by Gasteiger charge is -2.44. The summed E-state index contributed by atoms with van der Waals surface area (Å²) in [5.41, 5.74) is 1.56. The van der Waals surface area contributed by atoms with Gasteiger partial charge in [0.1, 0.15) is 0 Å². The van der Waals surface area contributed by atoms with E-state index < -0.39 is 0 Å². The third kappa shape index (κ3) is 4.11. The van der Waals surface area contributed by atoms with Gasteiger partial charge in [-0.2, -0.15) is 5.26 Å². The van der Waals surface area contributed by atoms with Crippen LogP contribution >= 0.6 is 0 Å². The minimum absolute atomic E-state index is 0.149. The summed E-state index contributed by atoms with van der Waals surface area (Å²) in [5.74, 6) is 0.406. The fraction of sp³-hybridized carbons (Fsp3) is 0.650. The van der Waals surface area contributed by atoms with Crippen molar-refractivity contribution < 1.29 is 4.74 Å². The normalized spacial score (nSPS) is 18.8. The van der Waals surface area contributed by atoms with Crippen LogP contribution in [0.15, 0.2) is 30.3 Å². The highest BCUT2D eigenvalue weighted by molar-refractivity contribution is 5.13. The minimum Gasteiger partial charge on any atom is -0.376 e. The van der Waals surface area contributed by atoms with Crippen molar-refractivity contribution in [3.05, 3.63) is 35.9 Å². The van der Waals surface area contributed by atoms with Crippen LogP contribution in [0.4, 0.5) is 0 Å². The van der Waals surface area contributed by atoms with E-state index in [1.807, 2.05) is 6.07 Å². The van der Waals surface area contributed by atoms with Crippen LogP contribution in [-0.2, 0) is 11.3 Å². The lowest BCUT2D eigenvalue weighted by Crippen LogP contribution is -2.40. The van der Waals surface area contributed by atoms with Gasteiger partial charge in [-0.05, 0) is 35.2 Å². The van der Waals surface area contributed by atoms with E-state index >= 15 is 0 Å². The van der Waals surface area contributed by atoms with Crippen molar-refractivity contribution in [1.29, 1.82) is 5.26 Å². The highest BCUT2D eigenvalue weighted by Crippen LogP contribution is 2.52. The van der Waals surface area contributed by atoms with Gasteiger partial charge in [-0.1, -0.05) is 63.9 Å². The van der Waals surface area contributed by atoms with Crippen LogP contribution in [0, 0.1) is 28.1 Å². The molecule has 2 rings (SSSR count). The van der Waals surface area contributed by atoms with Crippen molar-refractivity contribution in [2.45, 2.75) is 59.5 Å². The van der Waals surface area contributed by atoms with Crippen molar-refractivity contribution >= 4 is 0 Å². The smallest absolute Gasteiger partial charge is 0.0717 e. The molecule has 0 bridgehead atoms. The van der Waals surface area contributed by atoms with Gasteiger partial charge >= 0.3 is 0 Å². The van der Waals surface area contributed by atoms with Gasteiger partial charge in [-0.15, -0.1) is 0 Å². The summed E-state index contributed by atoms with van der Waals surface area (Å²) in [5, 5.41) is 9.29. The molecule has 0 spiro atoms. The first-order valence-corrected chi connectivity index (χ1v) is 8.47. The molecule has 2 nitrogen and oxygen atoms in total. The molecule has 0 saturated heterocycles. The molecule has 0 aromatic heterocycles. The van der Waals surface area contributed by atoms with E-state index in [-0.39, 0.29) is 10.8 Å². The Morgan fingerprint density at radius 2 is 1.82 bits per heavy atom. The van der Waals surface area contributed by atoms with Crippen LogP contribution in [-0.4, -0.2) is 6.61 Å². The molecule has 0 radical (unpaired) electrons.